The Morgan fingerprint density at radius 3 is 2.61 bits per heavy atom. The van der Waals surface area contributed by atoms with Crippen molar-refractivity contribution in [2.45, 2.75) is 39.7 Å². The second-order valence-electron chi connectivity index (χ2n) is 5.96. The van der Waals surface area contributed by atoms with E-state index in [9.17, 15) is 4.79 Å². The fourth-order valence-corrected chi connectivity index (χ4v) is 1.96. The number of aromatic nitrogens is 2. The lowest BCUT2D eigenvalue weighted by molar-refractivity contribution is 0.0257. The Hall–Kier alpha value is -1.76. The quantitative estimate of drug-likeness (QED) is 0.765. The molecule has 0 fully saturated rings. The van der Waals surface area contributed by atoms with Crippen LogP contribution in [-0.4, -0.2) is 53.3 Å². The molecule has 0 bridgehead atoms. The summed E-state index contributed by atoms with van der Waals surface area (Å²) in [6.45, 7) is 9.19. The van der Waals surface area contributed by atoms with E-state index in [0.29, 0.717) is 25.5 Å². The highest BCUT2D eigenvalue weighted by Gasteiger charge is 2.21. The highest BCUT2D eigenvalue weighted by molar-refractivity contribution is 6.29. The van der Waals surface area contributed by atoms with Crippen LogP contribution in [0.2, 0.25) is 5.15 Å². The fourth-order valence-electron chi connectivity index (χ4n) is 1.79. The highest BCUT2D eigenvalue weighted by Crippen LogP contribution is 2.15. The van der Waals surface area contributed by atoms with Gasteiger partial charge in [0.05, 0.1) is 7.11 Å². The van der Waals surface area contributed by atoms with Crippen molar-refractivity contribution >= 4 is 23.5 Å². The average Bonchev–Trinajstić information content (AvgIpc) is 2.43. The van der Waals surface area contributed by atoms with Crippen LogP contribution in [0.25, 0.3) is 0 Å². The molecule has 130 valence electrons. The minimum absolute atomic E-state index is 0.192. The first-order chi connectivity index (χ1) is 10.7. The molecule has 1 rings (SSSR count). The molecular weight excluding hydrogens is 320 g/mol. The van der Waals surface area contributed by atoms with E-state index in [1.54, 1.807) is 11.0 Å². The second-order valence-corrected chi connectivity index (χ2v) is 6.34. The van der Waals surface area contributed by atoms with E-state index in [4.69, 9.17) is 21.1 Å². The van der Waals surface area contributed by atoms with Crippen LogP contribution in [0.15, 0.2) is 6.07 Å². The molecule has 1 aromatic heterocycles. The molecule has 7 nitrogen and oxygen atoms in total. The van der Waals surface area contributed by atoms with Gasteiger partial charge in [0.1, 0.15) is 16.6 Å². The van der Waals surface area contributed by atoms with Gasteiger partial charge in [0, 0.05) is 25.7 Å². The SMILES string of the molecule is CCCN(CCNc1cc(Cl)nc(OC)n1)C(=O)OC(C)(C)C. The minimum Gasteiger partial charge on any atom is -0.467 e. The average molecular weight is 345 g/mol. The summed E-state index contributed by atoms with van der Waals surface area (Å²) in [6.07, 6.45) is 0.534. The van der Waals surface area contributed by atoms with Crippen molar-refractivity contribution in [3.05, 3.63) is 11.2 Å². The predicted octanol–water partition coefficient (Wildman–Crippen LogP) is 3.20. The van der Waals surface area contributed by atoms with Crippen molar-refractivity contribution in [2.24, 2.45) is 0 Å². The van der Waals surface area contributed by atoms with E-state index in [1.807, 2.05) is 27.7 Å². The molecule has 0 radical (unpaired) electrons. The summed E-state index contributed by atoms with van der Waals surface area (Å²) in [7, 11) is 1.47. The smallest absolute Gasteiger partial charge is 0.410 e. The van der Waals surface area contributed by atoms with Crippen LogP contribution in [-0.2, 0) is 4.74 Å². The molecule has 1 amide bonds. The number of rotatable bonds is 7. The van der Waals surface area contributed by atoms with E-state index in [0.717, 1.165) is 6.42 Å². The minimum atomic E-state index is -0.510. The van der Waals surface area contributed by atoms with Crippen LogP contribution in [0.1, 0.15) is 34.1 Å². The zero-order chi connectivity index (χ0) is 17.5. The molecule has 23 heavy (non-hydrogen) atoms. The summed E-state index contributed by atoms with van der Waals surface area (Å²) in [4.78, 5) is 21.9. The molecule has 8 heteroatoms. The van der Waals surface area contributed by atoms with Crippen LogP contribution in [0.5, 0.6) is 6.01 Å². The maximum Gasteiger partial charge on any atom is 0.410 e. The normalized spacial score (nSPS) is 11.0. The molecule has 1 heterocycles. The van der Waals surface area contributed by atoms with Crippen molar-refractivity contribution in [1.82, 2.24) is 14.9 Å². The van der Waals surface area contributed by atoms with Gasteiger partial charge in [0.25, 0.3) is 0 Å². The third-order valence-electron chi connectivity index (χ3n) is 2.69. The number of amides is 1. The molecule has 0 aromatic carbocycles. The van der Waals surface area contributed by atoms with Crippen molar-refractivity contribution in [3.63, 3.8) is 0 Å². The van der Waals surface area contributed by atoms with E-state index >= 15 is 0 Å². The summed E-state index contributed by atoms with van der Waals surface area (Å²) in [5, 5.41) is 3.39. The van der Waals surface area contributed by atoms with Crippen molar-refractivity contribution in [1.29, 1.82) is 0 Å². The van der Waals surface area contributed by atoms with Gasteiger partial charge in [-0.05, 0) is 27.2 Å². The van der Waals surface area contributed by atoms with E-state index in [1.165, 1.54) is 7.11 Å². The first-order valence-electron chi connectivity index (χ1n) is 7.55. The lowest BCUT2D eigenvalue weighted by Crippen LogP contribution is -2.39. The fraction of sp³-hybridized carbons (Fsp3) is 0.667. The van der Waals surface area contributed by atoms with E-state index in [-0.39, 0.29) is 17.3 Å². The monoisotopic (exact) mass is 344 g/mol. The number of hydrogen-bond acceptors (Lipinski definition) is 6. The molecule has 0 aliphatic carbocycles. The van der Waals surface area contributed by atoms with Crippen molar-refractivity contribution in [2.75, 3.05) is 32.1 Å². The number of anilines is 1. The van der Waals surface area contributed by atoms with Gasteiger partial charge in [-0.1, -0.05) is 18.5 Å². The van der Waals surface area contributed by atoms with Crippen LogP contribution in [0, 0.1) is 0 Å². The molecular formula is C15H25ClN4O3. The number of hydrogen-bond donors (Lipinski definition) is 1. The zero-order valence-electron chi connectivity index (χ0n) is 14.4. The third-order valence-corrected chi connectivity index (χ3v) is 2.88. The number of carbonyl (C=O) groups excluding carboxylic acids is 1. The van der Waals surface area contributed by atoms with Crippen molar-refractivity contribution in [3.8, 4) is 6.01 Å². The number of carbonyl (C=O) groups is 1. The third kappa shape index (κ3) is 7.36. The Morgan fingerprint density at radius 2 is 2.04 bits per heavy atom. The molecule has 0 aliphatic rings. The first-order valence-corrected chi connectivity index (χ1v) is 7.93. The topological polar surface area (TPSA) is 76.6 Å². The van der Waals surface area contributed by atoms with Gasteiger partial charge >= 0.3 is 12.1 Å². The summed E-state index contributed by atoms with van der Waals surface area (Å²) in [5.41, 5.74) is -0.510. The molecule has 0 saturated carbocycles. The Balaban J connectivity index is 2.59. The van der Waals surface area contributed by atoms with Crippen LogP contribution >= 0.6 is 11.6 Å². The van der Waals surface area contributed by atoms with Gasteiger partial charge in [-0.25, -0.2) is 4.79 Å². The molecule has 0 aliphatic heterocycles. The lowest BCUT2D eigenvalue weighted by Gasteiger charge is -2.27. The van der Waals surface area contributed by atoms with E-state index < -0.39 is 5.60 Å². The number of ether oxygens (including phenoxy) is 2. The molecule has 1 aromatic rings. The molecule has 0 unspecified atom stereocenters. The first kappa shape index (κ1) is 19.3. The summed E-state index contributed by atoms with van der Waals surface area (Å²) >= 11 is 5.89. The molecule has 0 spiro atoms. The van der Waals surface area contributed by atoms with Crippen molar-refractivity contribution < 1.29 is 14.3 Å². The van der Waals surface area contributed by atoms with Crippen LogP contribution < -0.4 is 10.1 Å². The maximum absolute atomic E-state index is 12.2. The zero-order valence-corrected chi connectivity index (χ0v) is 15.1. The maximum atomic E-state index is 12.2. The van der Waals surface area contributed by atoms with Gasteiger partial charge in [-0.3, -0.25) is 0 Å². The second kappa shape index (κ2) is 8.76. The van der Waals surface area contributed by atoms with Crippen LogP contribution in [0.3, 0.4) is 0 Å². The number of nitrogens with one attached hydrogen (secondary N) is 1. The van der Waals surface area contributed by atoms with Gasteiger partial charge in [-0.2, -0.15) is 9.97 Å². The Kier molecular flexibility index (Phi) is 7.35. The number of nitrogens with zero attached hydrogens (tertiary/aromatic N) is 3. The summed E-state index contributed by atoms with van der Waals surface area (Å²) < 4.78 is 10.4. The van der Waals surface area contributed by atoms with Gasteiger partial charge in [0.15, 0.2) is 0 Å². The lowest BCUT2D eigenvalue weighted by atomic mass is 10.2. The van der Waals surface area contributed by atoms with Gasteiger partial charge < -0.3 is 19.7 Å². The number of methoxy groups -OCH3 is 1. The summed E-state index contributed by atoms with van der Waals surface area (Å²) in [6, 6.07) is 1.79. The Labute approximate surface area is 142 Å². The largest absolute Gasteiger partial charge is 0.467 e. The standard InChI is InChI=1S/C15H25ClN4O3/c1-6-8-20(14(21)23-15(2,3)4)9-7-17-12-10-11(16)18-13(19-12)22-5/h10H,6-9H2,1-5H3,(H,17,18,19). The molecule has 0 atom stereocenters. The molecule has 1 N–H and O–H groups in total. The van der Waals surface area contributed by atoms with E-state index in [2.05, 4.69) is 15.3 Å². The highest BCUT2D eigenvalue weighted by atomic mass is 35.5. The Morgan fingerprint density at radius 1 is 1.35 bits per heavy atom. The molecule has 0 saturated heterocycles. The van der Waals surface area contributed by atoms with Crippen LogP contribution in [0.4, 0.5) is 10.6 Å². The summed E-state index contributed by atoms with van der Waals surface area (Å²) in [5.74, 6) is 0.544. The number of halogens is 1. The van der Waals surface area contributed by atoms with Gasteiger partial charge in [0.2, 0.25) is 0 Å². The Bertz CT molecular complexity index is 520. The van der Waals surface area contributed by atoms with Gasteiger partial charge in [-0.15, -0.1) is 0 Å². The predicted molar refractivity (Wildman–Crippen MR) is 90.2 cm³/mol.